The van der Waals surface area contributed by atoms with Crippen molar-refractivity contribution in [2.45, 2.75) is 37.6 Å². The van der Waals surface area contributed by atoms with Gasteiger partial charge in [-0.3, -0.25) is 4.79 Å². The summed E-state index contributed by atoms with van der Waals surface area (Å²) in [6.07, 6.45) is 3.88. The van der Waals surface area contributed by atoms with Gasteiger partial charge in [-0.2, -0.15) is 0 Å². The largest absolute Gasteiger partial charge is 0.402 e. The van der Waals surface area contributed by atoms with Crippen LogP contribution < -0.4 is 21.6 Å². The molecule has 2 heterocycles. The number of hydrogen-bond donors (Lipinski definition) is 3. The van der Waals surface area contributed by atoms with Crippen LogP contribution in [0.2, 0.25) is 0 Å². The molecular weight excluding hydrogens is 491 g/mol. The molecule has 0 spiro atoms. The minimum absolute atomic E-state index is 0.0390. The molecule has 4 rings (SSSR count). The number of carbonyl (C=O) groups is 1. The number of halogens is 1. The second-order valence-electron chi connectivity index (χ2n) is 9.54. The maximum atomic E-state index is 14.3. The van der Waals surface area contributed by atoms with Crippen LogP contribution in [0.5, 0.6) is 0 Å². The lowest BCUT2D eigenvalue weighted by Crippen LogP contribution is -2.43. The minimum atomic E-state index is -3.47. The molecule has 0 atom stereocenters. The van der Waals surface area contributed by atoms with Gasteiger partial charge >= 0.3 is 0 Å². The van der Waals surface area contributed by atoms with Crippen LogP contribution in [0.25, 0.3) is 34.7 Å². The quantitative estimate of drug-likeness (QED) is 0.460. The molecule has 9 heteroatoms. The van der Waals surface area contributed by atoms with Crippen LogP contribution in [-0.4, -0.2) is 56.1 Å². The summed E-state index contributed by atoms with van der Waals surface area (Å²) in [6, 6.07) is 8.43. The molecule has 1 saturated heterocycles. The Bertz CT molecular complexity index is 1600. The van der Waals surface area contributed by atoms with Crippen LogP contribution in [0.3, 0.4) is 0 Å². The molecule has 0 radical (unpaired) electrons. The highest BCUT2D eigenvalue weighted by molar-refractivity contribution is 7.91. The third-order valence-electron chi connectivity index (χ3n) is 7.08. The average molecular weight is 525 g/mol. The molecule has 0 saturated carbocycles. The molecule has 37 heavy (non-hydrogen) atoms. The lowest BCUT2D eigenvalue weighted by atomic mass is 9.93. The van der Waals surface area contributed by atoms with Gasteiger partial charge in [0.15, 0.2) is 9.84 Å². The Hall–Kier alpha value is -3.43. The fraction of sp³-hybridized carbons (Fsp3) is 0.321. The zero-order chi connectivity index (χ0) is 26.9. The van der Waals surface area contributed by atoms with E-state index in [4.69, 9.17) is 5.73 Å². The number of sulfone groups is 1. The molecule has 1 aliphatic rings. The Labute approximate surface area is 216 Å². The van der Waals surface area contributed by atoms with Gasteiger partial charge in [0.2, 0.25) is 0 Å². The Kier molecular flexibility index (Phi) is 7.57. The van der Waals surface area contributed by atoms with E-state index in [2.05, 4.69) is 28.8 Å². The van der Waals surface area contributed by atoms with Crippen molar-refractivity contribution < 1.29 is 17.6 Å². The summed E-state index contributed by atoms with van der Waals surface area (Å²) in [4.78, 5) is 19.1. The number of allylic oxidation sites excluding steroid dienone is 1. The van der Waals surface area contributed by atoms with Gasteiger partial charge in [-0.1, -0.05) is 25.6 Å². The van der Waals surface area contributed by atoms with Gasteiger partial charge in [0.1, 0.15) is 5.83 Å². The highest BCUT2D eigenvalue weighted by atomic mass is 32.2. The number of piperidine rings is 1. The third-order valence-corrected chi connectivity index (χ3v) is 8.81. The van der Waals surface area contributed by atoms with Crippen LogP contribution in [0, 0.1) is 6.92 Å². The summed E-state index contributed by atoms with van der Waals surface area (Å²) in [6.45, 7) is 9.29. The van der Waals surface area contributed by atoms with E-state index >= 15 is 0 Å². The molecule has 1 aliphatic heterocycles. The number of aromatic nitrogens is 1. The summed E-state index contributed by atoms with van der Waals surface area (Å²) in [5.41, 5.74) is 8.38. The molecule has 1 fully saturated rings. The first-order chi connectivity index (χ1) is 17.6. The van der Waals surface area contributed by atoms with E-state index in [1.54, 1.807) is 37.3 Å². The minimum Gasteiger partial charge on any atom is -0.402 e. The lowest BCUT2D eigenvalue weighted by molar-refractivity contribution is 0.0916. The number of nitrogens with two attached hydrogens (primary N) is 1. The first-order valence-electron chi connectivity index (χ1n) is 12.3. The number of fused-ring (bicyclic) bond motifs is 1. The van der Waals surface area contributed by atoms with Gasteiger partial charge in [0.05, 0.1) is 16.2 Å². The summed E-state index contributed by atoms with van der Waals surface area (Å²) in [5.74, 6) is -0.880. The average Bonchev–Trinajstić information content (AvgIpc) is 3.21. The molecule has 0 bridgehead atoms. The number of amides is 1. The maximum Gasteiger partial charge on any atom is 0.251 e. The van der Waals surface area contributed by atoms with E-state index in [9.17, 15) is 17.6 Å². The lowest BCUT2D eigenvalue weighted by Gasteiger charge is -2.29. The number of nitrogens with one attached hydrogen (secondary N) is 2. The number of likely N-dealkylation sites (tertiary alicyclic amines) is 1. The number of rotatable bonds is 6. The normalized spacial score (nSPS) is 16.4. The van der Waals surface area contributed by atoms with E-state index in [1.807, 2.05) is 6.92 Å². The van der Waals surface area contributed by atoms with E-state index in [-0.39, 0.29) is 22.6 Å². The van der Waals surface area contributed by atoms with Gasteiger partial charge in [-0.25, -0.2) is 12.8 Å². The standard InChI is InChI=1S/C28H33FN4O3S/c1-5-37(35,36)22-8-6-7-19(13-22)25-15-23(28(34)32-21-9-11-33(4)12-10-21)17(2)27-26(25)24(18(3)31-27)14-20(29)16-30/h6-8,13-16,21,31H,3,5,9-12,30H2,1-2,4H3,(H,32,34)/b20-16+,24-14+. The Morgan fingerprint density at radius 3 is 2.65 bits per heavy atom. The van der Waals surface area contributed by atoms with Gasteiger partial charge in [0, 0.05) is 33.8 Å². The Morgan fingerprint density at radius 1 is 1.30 bits per heavy atom. The number of hydrogen-bond acceptors (Lipinski definition) is 5. The molecule has 1 amide bonds. The van der Waals surface area contributed by atoms with Crippen molar-refractivity contribution in [1.29, 1.82) is 0 Å². The predicted octanol–water partition coefficient (Wildman–Crippen LogP) is 2.72. The van der Waals surface area contributed by atoms with Crippen molar-refractivity contribution in [3.05, 3.63) is 64.1 Å². The number of aryl methyl sites for hydroxylation is 1. The highest BCUT2D eigenvalue weighted by Gasteiger charge is 2.23. The third kappa shape index (κ3) is 5.33. The number of carbonyl (C=O) groups excluding carboxylic acids is 1. The summed E-state index contributed by atoms with van der Waals surface area (Å²) < 4.78 is 39.5. The maximum absolute atomic E-state index is 14.3. The fourth-order valence-electron chi connectivity index (χ4n) is 4.84. The zero-order valence-electron chi connectivity index (χ0n) is 21.4. The molecule has 0 unspecified atom stereocenters. The molecule has 1 aromatic heterocycles. The molecule has 7 nitrogen and oxygen atoms in total. The van der Waals surface area contributed by atoms with Gasteiger partial charge in [0.25, 0.3) is 5.91 Å². The van der Waals surface area contributed by atoms with Crippen LogP contribution in [0.4, 0.5) is 4.39 Å². The second kappa shape index (κ2) is 10.5. The molecule has 196 valence electrons. The number of nitrogens with zero attached hydrogens (tertiary/aromatic N) is 1. The first kappa shape index (κ1) is 26.6. The fourth-order valence-corrected chi connectivity index (χ4v) is 5.76. The molecule has 2 aromatic carbocycles. The molecule has 0 aliphatic carbocycles. The predicted molar refractivity (Wildman–Crippen MR) is 147 cm³/mol. The summed E-state index contributed by atoms with van der Waals surface area (Å²) >= 11 is 0. The number of aromatic amines is 1. The van der Waals surface area contributed by atoms with E-state index < -0.39 is 15.7 Å². The van der Waals surface area contributed by atoms with Gasteiger partial charge < -0.3 is 20.9 Å². The molecule has 4 N–H and O–H groups in total. The Morgan fingerprint density at radius 2 is 2.00 bits per heavy atom. The topological polar surface area (TPSA) is 108 Å². The Balaban J connectivity index is 1.96. The summed E-state index contributed by atoms with van der Waals surface area (Å²) in [7, 11) is -1.40. The SMILES string of the molecule is C=c1[nH]c2c(C)c(C(=O)NC3CCN(C)CC3)cc(-c3cccc(S(=O)(=O)CC)c3)c2/c1=C/C(F)=C\N. The van der Waals surface area contributed by atoms with Gasteiger partial charge in [-0.15, -0.1) is 0 Å². The van der Waals surface area contributed by atoms with Crippen LogP contribution in [0.15, 0.2) is 47.3 Å². The van der Waals surface area contributed by atoms with Crippen molar-refractivity contribution in [2.24, 2.45) is 5.73 Å². The van der Waals surface area contributed by atoms with Crippen LogP contribution in [-0.2, 0) is 9.84 Å². The van der Waals surface area contributed by atoms with E-state index in [1.165, 1.54) is 6.08 Å². The highest BCUT2D eigenvalue weighted by Crippen LogP contribution is 2.32. The first-order valence-corrected chi connectivity index (χ1v) is 14.0. The van der Waals surface area contributed by atoms with Crippen LogP contribution >= 0.6 is 0 Å². The van der Waals surface area contributed by atoms with Crippen LogP contribution in [0.1, 0.15) is 35.7 Å². The van der Waals surface area contributed by atoms with E-state index in [0.29, 0.717) is 43.7 Å². The van der Waals surface area contributed by atoms with Crippen molar-refractivity contribution in [3.63, 3.8) is 0 Å². The monoisotopic (exact) mass is 524 g/mol. The zero-order valence-corrected chi connectivity index (χ0v) is 22.2. The second-order valence-corrected chi connectivity index (χ2v) is 11.8. The smallest absolute Gasteiger partial charge is 0.251 e. The summed E-state index contributed by atoms with van der Waals surface area (Å²) in [5, 5.41) is 4.75. The molecule has 3 aromatic rings. The number of H-pyrrole nitrogens is 1. The number of benzene rings is 2. The van der Waals surface area contributed by atoms with Crippen molar-refractivity contribution >= 4 is 39.3 Å². The van der Waals surface area contributed by atoms with Crippen molar-refractivity contribution in [3.8, 4) is 11.1 Å². The van der Waals surface area contributed by atoms with Gasteiger partial charge in [-0.05, 0) is 80.9 Å². The van der Waals surface area contributed by atoms with Crippen molar-refractivity contribution in [2.75, 3.05) is 25.9 Å². The van der Waals surface area contributed by atoms with E-state index in [0.717, 1.165) is 32.1 Å². The molecular formula is C28H33FN4O3S. The van der Waals surface area contributed by atoms with Crippen molar-refractivity contribution in [1.82, 2.24) is 15.2 Å².